The maximum Gasteiger partial charge on any atom is 0.322 e. The number of carbonyl (C=O) groups excluding carboxylic acids is 3. The Balaban J connectivity index is 2.80. The fourth-order valence-corrected chi connectivity index (χ4v) is 3.04. The molecule has 0 aromatic heterocycles. The number of carbonyl (C=O) groups is 5. The highest BCUT2D eigenvalue weighted by molar-refractivity contribution is 5.94. The predicted octanol–water partition coefficient (Wildman–Crippen LogP) is -2.10. The largest absolute Gasteiger partial charge is 0.481 e. The topological polar surface area (TPSA) is 200 Å². The quantitative estimate of drug-likeness (QED) is 0.151. The van der Waals surface area contributed by atoms with Gasteiger partial charge in [0.15, 0.2) is 0 Å². The highest BCUT2D eigenvalue weighted by Gasteiger charge is 2.30. The van der Waals surface area contributed by atoms with E-state index in [-0.39, 0.29) is 19.3 Å². The van der Waals surface area contributed by atoms with Crippen LogP contribution in [0.4, 0.5) is 0 Å². The minimum Gasteiger partial charge on any atom is -0.481 e. The van der Waals surface area contributed by atoms with E-state index in [2.05, 4.69) is 21.3 Å². The summed E-state index contributed by atoms with van der Waals surface area (Å²) < 4.78 is 0. The summed E-state index contributed by atoms with van der Waals surface area (Å²) >= 11 is 0. The van der Waals surface area contributed by atoms with Gasteiger partial charge < -0.3 is 37.2 Å². The maximum atomic E-state index is 12.7. The fraction of sp³-hybridized carbons (Fsp3) is 0.722. The molecule has 0 aromatic carbocycles. The Hall–Kier alpha value is -2.73. The van der Waals surface area contributed by atoms with Gasteiger partial charge in [0.1, 0.15) is 18.6 Å². The van der Waals surface area contributed by atoms with E-state index in [0.717, 1.165) is 6.42 Å². The molecule has 1 fully saturated rings. The monoisotopic (exact) mass is 429 g/mol. The van der Waals surface area contributed by atoms with Gasteiger partial charge in [-0.05, 0) is 51.6 Å². The van der Waals surface area contributed by atoms with Crippen LogP contribution >= 0.6 is 0 Å². The summed E-state index contributed by atoms with van der Waals surface area (Å²) in [7, 11) is 0. The van der Waals surface area contributed by atoms with Crippen molar-refractivity contribution in [1.29, 1.82) is 0 Å². The molecule has 1 aliphatic rings. The van der Waals surface area contributed by atoms with E-state index < -0.39 is 54.3 Å². The number of unbranched alkanes of at least 4 members (excludes halogenated alkanes) is 1. The summed E-state index contributed by atoms with van der Waals surface area (Å²) in [4.78, 5) is 59.0. The highest BCUT2D eigenvalue weighted by Crippen LogP contribution is 2.08. The second-order valence-corrected chi connectivity index (χ2v) is 7.10. The van der Waals surface area contributed by atoms with Crippen LogP contribution in [0.15, 0.2) is 0 Å². The van der Waals surface area contributed by atoms with Crippen molar-refractivity contribution in [3.8, 4) is 0 Å². The number of carboxylic acids is 2. The molecule has 3 amide bonds. The Labute approximate surface area is 174 Å². The normalized spacial score (nSPS) is 17.6. The van der Waals surface area contributed by atoms with Crippen LogP contribution < -0.4 is 27.0 Å². The summed E-state index contributed by atoms with van der Waals surface area (Å²) in [5.41, 5.74) is 5.45. The first-order chi connectivity index (χ1) is 14.2. The molecule has 170 valence electrons. The van der Waals surface area contributed by atoms with E-state index in [1.165, 1.54) is 0 Å². The van der Waals surface area contributed by atoms with Crippen LogP contribution in [-0.2, 0) is 24.0 Å². The zero-order chi connectivity index (χ0) is 22.5. The van der Waals surface area contributed by atoms with Crippen molar-refractivity contribution >= 4 is 29.7 Å². The van der Waals surface area contributed by atoms with E-state index >= 15 is 0 Å². The highest BCUT2D eigenvalue weighted by atomic mass is 16.4. The molecule has 3 unspecified atom stereocenters. The molecule has 0 bridgehead atoms. The molecule has 1 saturated heterocycles. The van der Waals surface area contributed by atoms with Crippen LogP contribution in [0.1, 0.15) is 44.9 Å². The third kappa shape index (κ3) is 9.65. The van der Waals surface area contributed by atoms with E-state index in [1.807, 2.05) is 0 Å². The molecule has 0 spiro atoms. The summed E-state index contributed by atoms with van der Waals surface area (Å²) in [6, 6.07) is -2.62. The number of carboxylic acid groups (broad SMARTS) is 2. The number of nitrogens with two attached hydrogens (primary N) is 1. The molecule has 12 nitrogen and oxygen atoms in total. The molecule has 3 atom stereocenters. The fourth-order valence-electron chi connectivity index (χ4n) is 3.04. The third-order valence-corrected chi connectivity index (χ3v) is 4.65. The first-order valence-electron chi connectivity index (χ1n) is 10.00. The van der Waals surface area contributed by atoms with Crippen molar-refractivity contribution in [1.82, 2.24) is 21.3 Å². The first kappa shape index (κ1) is 25.3. The molecule has 1 aliphatic heterocycles. The van der Waals surface area contributed by atoms with Crippen LogP contribution in [0.3, 0.4) is 0 Å². The number of hydrogen-bond acceptors (Lipinski definition) is 7. The van der Waals surface area contributed by atoms with Gasteiger partial charge in [-0.2, -0.15) is 0 Å². The van der Waals surface area contributed by atoms with Crippen molar-refractivity contribution < 1.29 is 34.2 Å². The van der Waals surface area contributed by atoms with Crippen molar-refractivity contribution in [3.63, 3.8) is 0 Å². The van der Waals surface area contributed by atoms with E-state index in [4.69, 9.17) is 15.9 Å². The molecule has 30 heavy (non-hydrogen) atoms. The van der Waals surface area contributed by atoms with Gasteiger partial charge in [-0.1, -0.05) is 0 Å². The minimum absolute atomic E-state index is 0.147. The van der Waals surface area contributed by atoms with Crippen LogP contribution in [0, 0.1) is 0 Å². The lowest BCUT2D eigenvalue weighted by atomic mass is 10.1. The number of aliphatic carboxylic acids is 2. The molecule has 1 rings (SSSR count). The Morgan fingerprint density at radius 3 is 2.23 bits per heavy atom. The second kappa shape index (κ2) is 13.5. The second-order valence-electron chi connectivity index (χ2n) is 7.10. The van der Waals surface area contributed by atoms with E-state index in [1.54, 1.807) is 0 Å². The first-order valence-corrected chi connectivity index (χ1v) is 10.00. The smallest absolute Gasteiger partial charge is 0.322 e. The van der Waals surface area contributed by atoms with Crippen LogP contribution in [0.25, 0.3) is 0 Å². The average Bonchev–Trinajstić information content (AvgIpc) is 3.23. The number of amides is 3. The van der Waals surface area contributed by atoms with Gasteiger partial charge in [-0.25, -0.2) is 0 Å². The summed E-state index contributed by atoms with van der Waals surface area (Å²) in [6.07, 6.45) is 2.27. The van der Waals surface area contributed by atoms with Gasteiger partial charge in [0.05, 0.1) is 6.04 Å². The van der Waals surface area contributed by atoms with Crippen LogP contribution in [-0.4, -0.2) is 77.6 Å². The summed E-state index contributed by atoms with van der Waals surface area (Å²) in [5.74, 6) is -4.15. The maximum absolute atomic E-state index is 12.7. The average molecular weight is 429 g/mol. The zero-order valence-corrected chi connectivity index (χ0v) is 16.8. The van der Waals surface area contributed by atoms with Gasteiger partial charge in [0.25, 0.3) is 0 Å². The van der Waals surface area contributed by atoms with E-state index in [0.29, 0.717) is 32.4 Å². The molecule has 0 aromatic rings. The predicted molar refractivity (Wildman–Crippen MR) is 105 cm³/mol. The Morgan fingerprint density at radius 1 is 0.967 bits per heavy atom. The standard InChI is InChI=1S/C18H31N5O7/c19-8-2-1-4-12(16(28)21-10-15(26)27)22-18(30)13(6-7-14(24)25)23-17(29)11-5-3-9-20-11/h11-13,20H,1-10,19H2,(H,21,28)(H,22,30)(H,23,29)(H,24,25)(H,26,27). The minimum atomic E-state index is -1.23. The molecule has 1 heterocycles. The zero-order valence-electron chi connectivity index (χ0n) is 16.8. The van der Waals surface area contributed by atoms with Crippen molar-refractivity contribution in [2.75, 3.05) is 19.6 Å². The van der Waals surface area contributed by atoms with E-state index in [9.17, 15) is 24.0 Å². The molecular weight excluding hydrogens is 398 g/mol. The van der Waals surface area contributed by atoms with Crippen molar-refractivity contribution in [2.24, 2.45) is 5.73 Å². The molecule has 0 radical (unpaired) electrons. The molecule has 0 saturated carbocycles. The van der Waals surface area contributed by atoms with Crippen molar-refractivity contribution in [3.05, 3.63) is 0 Å². The molecular formula is C18H31N5O7. The van der Waals surface area contributed by atoms with Gasteiger partial charge >= 0.3 is 11.9 Å². The Bertz CT molecular complexity index is 622. The van der Waals surface area contributed by atoms with Crippen molar-refractivity contribution in [2.45, 2.75) is 63.1 Å². The third-order valence-electron chi connectivity index (χ3n) is 4.65. The summed E-state index contributed by atoms with van der Waals surface area (Å²) in [5, 5.41) is 27.9. The number of rotatable bonds is 14. The SMILES string of the molecule is NCCCCC(NC(=O)C(CCC(=O)O)NC(=O)C1CCCN1)C(=O)NCC(=O)O. The molecule has 0 aliphatic carbocycles. The summed E-state index contributed by atoms with van der Waals surface area (Å²) in [6.45, 7) is 0.467. The van der Waals surface area contributed by atoms with Gasteiger partial charge in [0, 0.05) is 6.42 Å². The lowest BCUT2D eigenvalue weighted by Gasteiger charge is -2.24. The lowest BCUT2D eigenvalue weighted by molar-refractivity contribution is -0.138. The van der Waals surface area contributed by atoms with Crippen LogP contribution in [0.2, 0.25) is 0 Å². The van der Waals surface area contributed by atoms with Gasteiger partial charge in [-0.3, -0.25) is 24.0 Å². The molecule has 8 N–H and O–H groups in total. The Kier molecular flexibility index (Phi) is 11.4. The van der Waals surface area contributed by atoms with Crippen LogP contribution in [0.5, 0.6) is 0 Å². The Morgan fingerprint density at radius 2 is 1.67 bits per heavy atom. The van der Waals surface area contributed by atoms with Gasteiger partial charge in [0.2, 0.25) is 17.7 Å². The number of hydrogen-bond donors (Lipinski definition) is 7. The van der Waals surface area contributed by atoms with Gasteiger partial charge in [-0.15, -0.1) is 0 Å². The molecule has 12 heteroatoms. The lowest BCUT2D eigenvalue weighted by Crippen LogP contribution is -2.56. The number of nitrogens with one attached hydrogen (secondary N) is 4.